The Bertz CT molecular complexity index is 837. The second-order valence-electron chi connectivity index (χ2n) is 5.60. The van der Waals surface area contributed by atoms with Gasteiger partial charge in [0.25, 0.3) is 11.6 Å². The molecule has 0 radical (unpaired) electrons. The van der Waals surface area contributed by atoms with Gasteiger partial charge in [-0.15, -0.1) is 13.2 Å². The summed E-state index contributed by atoms with van der Waals surface area (Å²) in [4.78, 5) is 22.4. The Labute approximate surface area is 151 Å². The number of aliphatic hydroxyl groups excluding tert-OH is 1. The van der Waals surface area contributed by atoms with Crippen LogP contribution in [-0.4, -0.2) is 28.8 Å². The first-order valence-electron chi connectivity index (χ1n) is 7.64. The van der Waals surface area contributed by atoms with E-state index in [9.17, 15) is 33.2 Å². The van der Waals surface area contributed by atoms with E-state index in [-0.39, 0.29) is 23.4 Å². The first kappa shape index (κ1) is 20.2. The maximum Gasteiger partial charge on any atom is 0.573 e. The van der Waals surface area contributed by atoms with E-state index in [4.69, 9.17) is 0 Å². The predicted octanol–water partition coefficient (Wildman–Crippen LogP) is 3.27. The van der Waals surface area contributed by atoms with Crippen LogP contribution in [0.25, 0.3) is 0 Å². The highest BCUT2D eigenvalue weighted by atomic mass is 19.4. The molecule has 27 heavy (non-hydrogen) atoms. The number of halogens is 3. The molecule has 0 bridgehead atoms. The Morgan fingerprint density at radius 2 is 1.89 bits per heavy atom. The summed E-state index contributed by atoms with van der Waals surface area (Å²) >= 11 is 0. The molecule has 1 unspecified atom stereocenters. The number of amides is 1. The average molecular weight is 384 g/mol. The van der Waals surface area contributed by atoms with Crippen molar-refractivity contribution in [2.24, 2.45) is 0 Å². The van der Waals surface area contributed by atoms with Gasteiger partial charge in [0.05, 0.1) is 11.0 Å². The van der Waals surface area contributed by atoms with Crippen molar-refractivity contribution in [2.45, 2.75) is 19.4 Å². The molecule has 2 aromatic rings. The van der Waals surface area contributed by atoms with Crippen LogP contribution in [0, 0.1) is 17.0 Å². The Kier molecular flexibility index (Phi) is 6.01. The van der Waals surface area contributed by atoms with Gasteiger partial charge in [-0.2, -0.15) is 0 Å². The van der Waals surface area contributed by atoms with Crippen LogP contribution in [0.5, 0.6) is 5.75 Å². The van der Waals surface area contributed by atoms with Crippen molar-refractivity contribution in [3.63, 3.8) is 0 Å². The topological polar surface area (TPSA) is 102 Å². The molecular formula is C17H15F3N2O5. The lowest BCUT2D eigenvalue weighted by Gasteiger charge is -2.14. The highest BCUT2D eigenvalue weighted by molar-refractivity contribution is 5.95. The summed E-state index contributed by atoms with van der Waals surface area (Å²) < 4.78 is 40.1. The molecule has 0 spiro atoms. The van der Waals surface area contributed by atoms with E-state index in [0.29, 0.717) is 5.56 Å². The van der Waals surface area contributed by atoms with Gasteiger partial charge in [0.2, 0.25) is 0 Å². The minimum Gasteiger partial charge on any atom is -0.406 e. The molecule has 7 nitrogen and oxygen atoms in total. The van der Waals surface area contributed by atoms with Gasteiger partial charge in [-0.3, -0.25) is 14.9 Å². The van der Waals surface area contributed by atoms with Gasteiger partial charge in [0.1, 0.15) is 5.75 Å². The number of rotatable bonds is 6. The summed E-state index contributed by atoms with van der Waals surface area (Å²) in [6.07, 6.45) is -6.00. The molecule has 0 saturated heterocycles. The molecule has 2 aromatic carbocycles. The maximum absolute atomic E-state index is 12.1. The van der Waals surface area contributed by atoms with Crippen LogP contribution < -0.4 is 10.1 Å². The van der Waals surface area contributed by atoms with Gasteiger partial charge in [0, 0.05) is 23.7 Å². The van der Waals surface area contributed by atoms with Crippen LogP contribution in [0.15, 0.2) is 42.5 Å². The normalized spacial score (nSPS) is 12.3. The zero-order valence-corrected chi connectivity index (χ0v) is 14.0. The van der Waals surface area contributed by atoms with Crippen LogP contribution in [0.1, 0.15) is 27.6 Å². The zero-order chi connectivity index (χ0) is 20.2. The van der Waals surface area contributed by atoms with Crippen molar-refractivity contribution in [1.29, 1.82) is 0 Å². The lowest BCUT2D eigenvalue weighted by molar-refractivity contribution is -0.385. The minimum absolute atomic E-state index is 0.0495. The van der Waals surface area contributed by atoms with Crippen molar-refractivity contribution >= 4 is 11.6 Å². The molecule has 2 N–H and O–H groups in total. The number of hydrogen-bond donors (Lipinski definition) is 2. The highest BCUT2D eigenvalue weighted by Gasteiger charge is 2.31. The number of alkyl halides is 3. The number of carbonyl (C=O) groups excluding carboxylic acids is 1. The number of nitrogens with one attached hydrogen (secondary N) is 1. The maximum atomic E-state index is 12.1. The molecule has 0 aliphatic rings. The Hall–Kier alpha value is -3.14. The van der Waals surface area contributed by atoms with Crippen LogP contribution in [0.4, 0.5) is 18.9 Å². The Balaban J connectivity index is 1.99. The minimum atomic E-state index is -4.81. The molecule has 2 rings (SSSR count). The van der Waals surface area contributed by atoms with Crippen LogP contribution in [-0.2, 0) is 0 Å². The van der Waals surface area contributed by atoms with Crippen LogP contribution >= 0.6 is 0 Å². The molecule has 0 aliphatic heterocycles. The predicted molar refractivity (Wildman–Crippen MR) is 88.3 cm³/mol. The summed E-state index contributed by atoms with van der Waals surface area (Å²) in [6.45, 7) is 1.30. The van der Waals surface area contributed by atoms with E-state index in [1.807, 2.05) is 0 Å². The number of hydrogen-bond acceptors (Lipinski definition) is 5. The first-order valence-corrected chi connectivity index (χ1v) is 7.64. The summed E-state index contributed by atoms with van der Waals surface area (Å²) in [5.41, 5.74) is 0.509. The van der Waals surface area contributed by atoms with Crippen LogP contribution in [0.2, 0.25) is 0 Å². The van der Waals surface area contributed by atoms with E-state index >= 15 is 0 Å². The lowest BCUT2D eigenvalue weighted by atomic mass is 10.1. The fourth-order valence-electron chi connectivity index (χ4n) is 2.25. The fraction of sp³-hybridized carbons (Fsp3) is 0.235. The van der Waals surface area contributed by atoms with Crippen LogP contribution in [0.3, 0.4) is 0 Å². The SMILES string of the molecule is Cc1ccc(C(=O)NCC(O)c2ccc(OC(F)(F)F)cc2)cc1[N+](=O)[O-]. The van der Waals surface area contributed by atoms with Crippen molar-refractivity contribution in [2.75, 3.05) is 6.54 Å². The second kappa shape index (κ2) is 8.04. The number of ether oxygens (including phenoxy) is 1. The number of nitrogens with zero attached hydrogens (tertiary/aromatic N) is 1. The summed E-state index contributed by atoms with van der Waals surface area (Å²) in [7, 11) is 0. The average Bonchev–Trinajstić information content (AvgIpc) is 2.58. The van der Waals surface area contributed by atoms with Gasteiger partial charge < -0.3 is 15.2 Å². The third kappa shape index (κ3) is 5.68. The standard InChI is InChI=1S/C17H15F3N2O5/c1-10-2-3-12(8-14(10)22(25)26)16(24)21-9-15(23)11-4-6-13(7-5-11)27-17(18,19)20/h2-8,15,23H,9H2,1H3,(H,21,24). The summed E-state index contributed by atoms with van der Waals surface area (Å²) in [6, 6.07) is 8.51. The first-order chi connectivity index (χ1) is 12.6. The Morgan fingerprint density at radius 1 is 1.26 bits per heavy atom. The molecule has 144 valence electrons. The van der Waals surface area contributed by atoms with Gasteiger partial charge in [-0.05, 0) is 30.7 Å². The molecular weight excluding hydrogens is 369 g/mol. The van der Waals surface area contributed by atoms with Gasteiger partial charge >= 0.3 is 6.36 Å². The second-order valence-corrected chi connectivity index (χ2v) is 5.60. The monoisotopic (exact) mass is 384 g/mol. The zero-order valence-electron chi connectivity index (χ0n) is 14.0. The molecule has 0 heterocycles. The van der Waals surface area contributed by atoms with E-state index in [1.54, 1.807) is 0 Å². The van der Waals surface area contributed by atoms with Crippen molar-refractivity contribution < 1.29 is 32.7 Å². The third-order valence-electron chi connectivity index (χ3n) is 3.62. The lowest BCUT2D eigenvalue weighted by Crippen LogP contribution is -2.28. The number of carbonyl (C=O) groups is 1. The fourth-order valence-corrected chi connectivity index (χ4v) is 2.25. The molecule has 1 amide bonds. The number of aryl methyl sites for hydroxylation is 1. The molecule has 0 aliphatic carbocycles. The molecule has 0 saturated carbocycles. The number of benzene rings is 2. The third-order valence-corrected chi connectivity index (χ3v) is 3.62. The Morgan fingerprint density at radius 3 is 2.44 bits per heavy atom. The number of nitro benzene ring substituents is 1. The van der Waals surface area contributed by atoms with Crippen molar-refractivity contribution in [3.05, 3.63) is 69.3 Å². The number of aliphatic hydroxyl groups is 1. The van der Waals surface area contributed by atoms with E-state index in [1.165, 1.54) is 31.2 Å². The van der Waals surface area contributed by atoms with Crippen molar-refractivity contribution in [3.8, 4) is 5.75 Å². The van der Waals surface area contributed by atoms with E-state index in [0.717, 1.165) is 18.2 Å². The van der Waals surface area contributed by atoms with Gasteiger partial charge in [-0.1, -0.05) is 18.2 Å². The molecule has 10 heteroatoms. The van der Waals surface area contributed by atoms with E-state index in [2.05, 4.69) is 10.1 Å². The largest absolute Gasteiger partial charge is 0.573 e. The molecule has 1 atom stereocenters. The molecule has 0 aromatic heterocycles. The number of nitro groups is 1. The quantitative estimate of drug-likeness (QED) is 0.588. The highest BCUT2D eigenvalue weighted by Crippen LogP contribution is 2.24. The van der Waals surface area contributed by atoms with E-state index < -0.39 is 29.0 Å². The summed E-state index contributed by atoms with van der Waals surface area (Å²) in [5.74, 6) is -1.07. The van der Waals surface area contributed by atoms with Gasteiger partial charge in [-0.25, -0.2) is 0 Å². The smallest absolute Gasteiger partial charge is 0.406 e. The van der Waals surface area contributed by atoms with Gasteiger partial charge in [0.15, 0.2) is 0 Å². The molecule has 0 fully saturated rings. The van der Waals surface area contributed by atoms with Crippen molar-refractivity contribution in [1.82, 2.24) is 5.32 Å². The summed E-state index contributed by atoms with van der Waals surface area (Å²) in [5, 5.41) is 23.4.